The van der Waals surface area contributed by atoms with Crippen molar-refractivity contribution in [2.24, 2.45) is 0 Å². The lowest BCUT2D eigenvalue weighted by atomic mass is 10.1. The van der Waals surface area contributed by atoms with Gasteiger partial charge in [-0.05, 0) is 44.5 Å². The van der Waals surface area contributed by atoms with E-state index in [4.69, 9.17) is 4.74 Å². The molecule has 0 saturated carbocycles. The van der Waals surface area contributed by atoms with Crippen LogP contribution in [0, 0.1) is 0 Å². The third kappa shape index (κ3) is 6.21. The van der Waals surface area contributed by atoms with Gasteiger partial charge in [-0.15, -0.1) is 0 Å². The first kappa shape index (κ1) is 16.7. The van der Waals surface area contributed by atoms with Crippen LogP contribution in [0.3, 0.4) is 0 Å². The minimum atomic E-state index is -3.21. The zero-order valence-electron chi connectivity index (χ0n) is 12.6. The number of hydrogen-bond donors (Lipinski definition) is 1. The predicted octanol–water partition coefficient (Wildman–Crippen LogP) is 2.41. The molecule has 1 rings (SSSR count). The van der Waals surface area contributed by atoms with Crippen molar-refractivity contribution in [1.82, 2.24) is 5.32 Å². The molecule has 0 spiro atoms. The van der Waals surface area contributed by atoms with Crippen molar-refractivity contribution in [2.75, 3.05) is 19.4 Å². The van der Waals surface area contributed by atoms with Gasteiger partial charge in [0.1, 0.15) is 12.4 Å². The second-order valence-corrected chi connectivity index (χ2v) is 7.90. The maximum atomic E-state index is 11.5. The normalized spacial score (nSPS) is 12.2. The molecular formula is C15H23NO3S. The fourth-order valence-electron chi connectivity index (χ4n) is 1.42. The molecule has 112 valence electrons. The van der Waals surface area contributed by atoms with Gasteiger partial charge in [0.05, 0.1) is 4.90 Å². The SMILES string of the molecule is C=C(CNC(C)(C)C)COc1cccc(S(C)(=O)=O)c1. The van der Waals surface area contributed by atoms with Gasteiger partial charge in [-0.25, -0.2) is 8.42 Å². The van der Waals surface area contributed by atoms with Crippen LogP contribution in [0.25, 0.3) is 0 Å². The molecule has 4 nitrogen and oxygen atoms in total. The lowest BCUT2D eigenvalue weighted by molar-refractivity contribution is 0.340. The number of benzene rings is 1. The number of nitrogens with one attached hydrogen (secondary N) is 1. The van der Waals surface area contributed by atoms with E-state index in [-0.39, 0.29) is 10.4 Å². The Morgan fingerprint density at radius 3 is 2.55 bits per heavy atom. The largest absolute Gasteiger partial charge is 0.489 e. The second-order valence-electron chi connectivity index (χ2n) is 5.89. The maximum Gasteiger partial charge on any atom is 0.175 e. The van der Waals surface area contributed by atoms with Gasteiger partial charge < -0.3 is 10.1 Å². The van der Waals surface area contributed by atoms with Crippen molar-refractivity contribution in [2.45, 2.75) is 31.2 Å². The van der Waals surface area contributed by atoms with Crippen molar-refractivity contribution in [3.63, 3.8) is 0 Å². The Kier molecular flexibility index (Phi) is 5.36. The van der Waals surface area contributed by atoms with Crippen molar-refractivity contribution in [1.29, 1.82) is 0 Å². The van der Waals surface area contributed by atoms with Gasteiger partial charge >= 0.3 is 0 Å². The Hall–Kier alpha value is -1.33. The van der Waals surface area contributed by atoms with Crippen LogP contribution in [-0.4, -0.2) is 33.4 Å². The van der Waals surface area contributed by atoms with Gasteiger partial charge in [-0.3, -0.25) is 0 Å². The van der Waals surface area contributed by atoms with Gasteiger partial charge in [0.25, 0.3) is 0 Å². The monoisotopic (exact) mass is 297 g/mol. The standard InChI is InChI=1S/C15H23NO3S/c1-12(10-16-15(2,3)4)11-19-13-7-6-8-14(9-13)20(5,17)18/h6-9,16H,1,10-11H2,2-5H3. The summed E-state index contributed by atoms with van der Waals surface area (Å²) in [7, 11) is -3.21. The number of ether oxygens (including phenoxy) is 1. The summed E-state index contributed by atoms with van der Waals surface area (Å²) in [6, 6.07) is 6.49. The highest BCUT2D eigenvalue weighted by atomic mass is 32.2. The number of rotatable bonds is 6. The van der Waals surface area contributed by atoms with Crippen molar-refractivity contribution < 1.29 is 13.2 Å². The summed E-state index contributed by atoms with van der Waals surface area (Å²) >= 11 is 0. The number of sulfone groups is 1. The predicted molar refractivity (Wildman–Crippen MR) is 81.9 cm³/mol. The van der Waals surface area contributed by atoms with Gasteiger partial charge in [0.15, 0.2) is 9.84 Å². The topological polar surface area (TPSA) is 55.4 Å². The molecule has 0 atom stereocenters. The summed E-state index contributed by atoms with van der Waals surface area (Å²) in [5, 5.41) is 3.32. The van der Waals surface area contributed by atoms with E-state index < -0.39 is 9.84 Å². The highest BCUT2D eigenvalue weighted by Crippen LogP contribution is 2.17. The smallest absolute Gasteiger partial charge is 0.175 e. The Morgan fingerprint density at radius 2 is 2.00 bits per heavy atom. The third-order valence-electron chi connectivity index (χ3n) is 2.55. The summed E-state index contributed by atoms with van der Waals surface area (Å²) in [5.74, 6) is 0.532. The van der Waals surface area contributed by atoms with E-state index in [1.54, 1.807) is 18.2 Å². The van der Waals surface area contributed by atoms with Crippen molar-refractivity contribution >= 4 is 9.84 Å². The summed E-state index contributed by atoms with van der Waals surface area (Å²) in [6.45, 7) is 11.2. The first-order chi connectivity index (χ1) is 9.08. The Balaban J connectivity index is 2.56. The molecule has 0 radical (unpaired) electrons. The maximum absolute atomic E-state index is 11.5. The highest BCUT2D eigenvalue weighted by Gasteiger charge is 2.10. The average Bonchev–Trinajstić information content (AvgIpc) is 2.32. The first-order valence-corrected chi connectivity index (χ1v) is 8.32. The molecule has 1 N–H and O–H groups in total. The van der Waals surface area contributed by atoms with Crippen LogP contribution in [0.2, 0.25) is 0 Å². The van der Waals surface area contributed by atoms with Gasteiger partial charge in [-0.1, -0.05) is 12.6 Å². The summed E-state index contributed by atoms with van der Waals surface area (Å²) in [4.78, 5) is 0.258. The van der Waals surface area contributed by atoms with Crippen LogP contribution < -0.4 is 10.1 Å². The van der Waals surface area contributed by atoms with Gasteiger partial charge in [-0.2, -0.15) is 0 Å². The molecule has 0 bridgehead atoms. The molecule has 0 amide bonds. The van der Waals surface area contributed by atoms with Crippen LogP contribution in [-0.2, 0) is 9.84 Å². The van der Waals surface area contributed by atoms with Crippen LogP contribution in [0.15, 0.2) is 41.3 Å². The Labute approximate surface area is 121 Å². The summed E-state index contributed by atoms with van der Waals surface area (Å²) < 4.78 is 28.5. The van der Waals surface area contributed by atoms with E-state index >= 15 is 0 Å². The first-order valence-electron chi connectivity index (χ1n) is 6.42. The van der Waals surface area contributed by atoms with Crippen LogP contribution in [0.5, 0.6) is 5.75 Å². The van der Waals surface area contributed by atoms with Crippen LogP contribution in [0.4, 0.5) is 0 Å². The fourth-order valence-corrected chi connectivity index (χ4v) is 2.08. The molecule has 0 aliphatic rings. The second kappa shape index (κ2) is 6.41. The van der Waals surface area contributed by atoms with E-state index in [2.05, 4.69) is 32.7 Å². The quantitative estimate of drug-likeness (QED) is 0.819. The molecule has 0 saturated heterocycles. The molecule has 0 aromatic heterocycles. The van der Waals surface area contributed by atoms with Crippen LogP contribution in [0.1, 0.15) is 20.8 Å². The molecular weight excluding hydrogens is 274 g/mol. The van der Waals surface area contributed by atoms with Gasteiger partial charge in [0, 0.05) is 18.3 Å². The van der Waals surface area contributed by atoms with E-state index in [0.29, 0.717) is 18.9 Å². The molecule has 1 aromatic rings. The van der Waals surface area contributed by atoms with Gasteiger partial charge in [0.2, 0.25) is 0 Å². The fraction of sp³-hybridized carbons (Fsp3) is 0.467. The Morgan fingerprint density at radius 1 is 1.35 bits per heavy atom. The molecule has 0 aliphatic carbocycles. The average molecular weight is 297 g/mol. The summed E-state index contributed by atoms with van der Waals surface area (Å²) in [5.41, 5.74) is 0.934. The lowest BCUT2D eigenvalue weighted by Gasteiger charge is -2.21. The summed E-state index contributed by atoms with van der Waals surface area (Å²) in [6.07, 6.45) is 1.18. The zero-order valence-corrected chi connectivity index (χ0v) is 13.4. The number of hydrogen-bond acceptors (Lipinski definition) is 4. The minimum Gasteiger partial charge on any atom is -0.489 e. The Bertz CT molecular complexity index is 571. The lowest BCUT2D eigenvalue weighted by Crippen LogP contribution is -2.37. The van der Waals surface area contributed by atoms with E-state index in [1.807, 2.05) is 0 Å². The molecule has 1 aromatic carbocycles. The van der Waals surface area contributed by atoms with E-state index in [1.165, 1.54) is 12.3 Å². The molecule has 0 fully saturated rings. The molecule has 20 heavy (non-hydrogen) atoms. The van der Waals surface area contributed by atoms with E-state index in [0.717, 1.165) is 5.57 Å². The van der Waals surface area contributed by atoms with Crippen molar-refractivity contribution in [3.8, 4) is 5.75 Å². The molecule has 0 aliphatic heterocycles. The van der Waals surface area contributed by atoms with Crippen molar-refractivity contribution in [3.05, 3.63) is 36.4 Å². The molecule has 0 heterocycles. The van der Waals surface area contributed by atoms with Crippen LogP contribution >= 0.6 is 0 Å². The zero-order chi connectivity index (χ0) is 15.4. The van der Waals surface area contributed by atoms with E-state index in [9.17, 15) is 8.42 Å². The highest BCUT2D eigenvalue weighted by molar-refractivity contribution is 7.90. The molecule has 0 unspecified atom stereocenters. The third-order valence-corrected chi connectivity index (χ3v) is 3.66. The minimum absolute atomic E-state index is 0.0269. The molecule has 5 heteroatoms.